The third kappa shape index (κ3) is 5.23. The molecule has 3 heterocycles. The monoisotopic (exact) mass is 563 g/mol. The molecule has 6 nitrogen and oxygen atoms in total. The number of imidazole rings is 1. The summed E-state index contributed by atoms with van der Waals surface area (Å²) in [5.74, 6) is 1.17. The van der Waals surface area contributed by atoms with Gasteiger partial charge in [0.15, 0.2) is 5.16 Å². The van der Waals surface area contributed by atoms with E-state index in [1.807, 2.05) is 18.2 Å². The molecule has 0 unspecified atom stereocenters. The van der Waals surface area contributed by atoms with Crippen LogP contribution in [0.4, 0.5) is 0 Å². The summed E-state index contributed by atoms with van der Waals surface area (Å²) in [6, 6.07) is 13.7. The minimum Gasteiger partial charge on any atom is -0.376 e. The molecule has 2 aliphatic rings. The van der Waals surface area contributed by atoms with Crippen LogP contribution < -0.4 is 0 Å². The first kappa shape index (κ1) is 24.3. The van der Waals surface area contributed by atoms with Crippen LogP contribution in [0.2, 0.25) is 0 Å². The van der Waals surface area contributed by atoms with Crippen molar-refractivity contribution in [1.82, 2.24) is 13.9 Å². The fourth-order valence-electron chi connectivity index (χ4n) is 4.81. The minimum atomic E-state index is -3.53. The molecular weight excluding hydrogens is 534 g/mol. The summed E-state index contributed by atoms with van der Waals surface area (Å²) < 4.78 is 37.5. The molecule has 1 aromatic heterocycles. The molecule has 0 radical (unpaired) electrons. The Bertz CT molecular complexity index is 1270. The van der Waals surface area contributed by atoms with Gasteiger partial charge in [0.25, 0.3) is 0 Å². The topological polar surface area (TPSA) is 64.4 Å². The van der Waals surface area contributed by atoms with Gasteiger partial charge in [0.05, 0.1) is 28.6 Å². The van der Waals surface area contributed by atoms with E-state index >= 15 is 0 Å². The molecule has 2 saturated heterocycles. The van der Waals surface area contributed by atoms with E-state index in [2.05, 4.69) is 39.6 Å². The largest absolute Gasteiger partial charge is 0.376 e. The first-order valence-corrected chi connectivity index (χ1v) is 15.1. The van der Waals surface area contributed by atoms with Gasteiger partial charge < -0.3 is 9.30 Å². The lowest BCUT2D eigenvalue weighted by Crippen LogP contribution is -2.39. The molecule has 3 aromatic rings. The maximum absolute atomic E-state index is 13.4. The Morgan fingerprint density at radius 2 is 2.06 bits per heavy atom. The smallest absolute Gasteiger partial charge is 0.243 e. The van der Waals surface area contributed by atoms with Crippen molar-refractivity contribution in [2.45, 2.75) is 61.1 Å². The Morgan fingerprint density at radius 3 is 2.82 bits per heavy atom. The number of hydrogen-bond acceptors (Lipinski definition) is 5. The van der Waals surface area contributed by atoms with Gasteiger partial charge in [0.1, 0.15) is 0 Å². The number of benzene rings is 2. The second-order valence-electron chi connectivity index (χ2n) is 9.32. The summed E-state index contributed by atoms with van der Waals surface area (Å²) in [4.78, 5) is 5.23. The average Bonchev–Trinajstić information content (AvgIpc) is 3.46. The van der Waals surface area contributed by atoms with Crippen molar-refractivity contribution in [3.63, 3.8) is 0 Å². The Balaban J connectivity index is 1.47. The number of hydrogen-bond donors (Lipinski definition) is 0. The first-order valence-electron chi connectivity index (χ1n) is 11.9. The van der Waals surface area contributed by atoms with E-state index in [0.29, 0.717) is 23.9 Å². The van der Waals surface area contributed by atoms with Gasteiger partial charge in [0.2, 0.25) is 10.0 Å². The van der Waals surface area contributed by atoms with Crippen LogP contribution in [0.15, 0.2) is 57.0 Å². The van der Waals surface area contributed by atoms with Crippen molar-refractivity contribution in [2.75, 3.05) is 19.7 Å². The second-order valence-corrected chi connectivity index (χ2v) is 13.1. The molecule has 2 aliphatic heterocycles. The van der Waals surface area contributed by atoms with Crippen molar-refractivity contribution < 1.29 is 13.2 Å². The van der Waals surface area contributed by atoms with E-state index in [1.165, 1.54) is 5.56 Å². The van der Waals surface area contributed by atoms with Crippen LogP contribution in [0.3, 0.4) is 0 Å². The molecule has 2 fully saturated rings. The van der Waals surface area contributed by atoms with Gasteiger partial charge in [-0.25, -0.2) is 13.4 Å². The summed E-state index contributed by atoms with van der Waals surface area (Å²) in [5, 5.41) is 0.895. The van der Waals surface area contributed by atoms with Gasteiger partial charge in [-0.1, -0.05) is 46.7 Å². The zero-order valence-corrected chi connectivity index (χ0v) is 22.5. The molecule has 0 N–H and O–H groups in total. The van der Waals surface area contributed by atoms with E-state index in [9.17, 15) is 8.42 Å². The third-order valence-electron chi connectivity index (χ3n) is 6.61. The van der Waals surface area contributed by atoms with E-state index < -0.39 is 10.0 Å². The molecule has 2 aromatic carbocycles. The van der Waals surface area contributed by atoms with Gasteiger partial charge in [0, 0.05) is 29.9 Å². The number of halogens is 1. The summed E-state index contributed by atoms with van der Waals surface area (Å²) in [6.45, 7) is 4.82. The number of fused-ring (bicyclic) bond motifs is 1. The molecule has 0 amide bonds. The molecule has 182 valence electrons. The number of rotatable bonds is 7. The van der Waals surface area contributed by atoms with Gasteiger partial charge in [-0.05, 0) is 67.5 Å². The lowest BCUT2D eigenvalue weighted by atomic mass is 10.0. The van der Waals surface area contributed by atoms with E-state index in [0.717, 1.165) is 65.3 Å². The number of thioether (sulfide) groups is 1. The van der Waals surface area contributed by atoms with E-state index in [4.69, 9.17) is 9.72 Å². The highest BCUT2D eigenvalue weighted by Gasteiger charge is 2.29. The Morgan fingerprint density at radius 1 is 1.18 bits per heavy atom. The molecule has 0 aliphatic carbocycles. The zero-order chi connectivity index (χ0) is 23.7. The number of piperidine rings is 1. The number of sulfonamides is 1. The highest BCUT2D eigenvalue weighted by atomic mass is 79.9. The SMILES string of the molecule is C[C@@H]1CCCN(S(=O)(=O)c2ccc3c(c2)nc(SCc2cccc(Br)c2)n3C[C@H]2CCCO2)C1. The van der Waals surface area contributed by atoms with Gasteiger partial charge >= 0.3 is 0 Å². The minimum absolute atomic E-state index is 0.167. The molecular formula is C25H30BrN3O3S2. The highest BCUT2D eigenvalue weighted by Crippen LogP contribution is 2.32. The predicted octanol–water partition coefficient (Wildman–Crippen LogP) is 5.69. The lowest BCUT2D eigenvalue weighted by Gasteiger charge is -2.30. The highest BCUT2D eigenvalue weighted by molar-refractivity contribution is 9.10. The number of ether oxygens (including phenoxy) is 1. The zero-order valence-electron chi connectivity index (χ0n) is 19.3. The molecule has 0 spiro atoms. The van der Waals surface area contributed by atoms with E-state index in [-0.39, 0.29) is 6.10 Å². The predicted molar refractivity (Wildman–Crippen MR) is 140 cm³/mol. The van der Waals surface area contributed by atoms with Crippen LogP contribution in [0.1, 0.15) is 38.2 Å². The van der Waals surface area contributed by atoms with Crippen molar-refractivity contribution in [3.05, 3.63) is 52.5 Å². The first-order chi connectivity index (χ1) is 16.4. The summed E-state index contributed by atoms with van der Waals surface area (Å²) in [6.07, 6.45) is 4.27. The maximum atomic E-state index is 13.4. The molecule has 0 saturated carbocycles. The van der Waals surface area contributed by atoms with Crippen LogP contribution in [0, 0.1) is 5.92 Å². The van der Waals surface area contributed by atoms with Crippen LogP contribution in [0.25, 0.3) is 11.0 Å². The molecule has 9 heteroatoms. The van der Waals surface area contributed by atoms with Gasteiger partial charge in [-0.2, -0.15) is 4.31 Å². The standard InChI is InChI=1S/C25H30BrN3O3S2/c1-18-5-3-11-28(15-18)34(30,31)22-9-10-24-23(14-22)27-25(29(24)16-21-8-4-12-32-21)33-17-19-6-2-7-20(26)13-19/h2,6-7,9-10,13-14,18,21H,3-5,8,11-12,15-17H2,1H3/t18-,21-/m1/s1. The molecule has 2 atom stereocenters. The Hall–Kier alpha value is -1.39. The fourth-order valence-corrected chi connectivity index (χ4v) is 7.85. The van der Waals surface area contributed by atoms with Crippen molar-refractivity contribution in [3.8, 4) is 0 Å². The molecule has 5 rings (SSSR count). The van der Waals surface area contributed by atoms with Crippen LogP contribution in [-0.2, 0) is 27.1 Å². The van der Waals surface area contributed by atoms with Crippen LogP contribution >= 0.6 is 27.7 Å². The second kappa shape index (κ2) is 10.3. The average molecular weight is 565 g/mol. The summed E-state index contributed by atoms with van der Waals surface area (Å²) in [7, 11) is -3.53. The molecule has 34 heavy (non-hydrogen) atoms. The normalized spacial score (nSPS) is 21.9. The van der Waals surface area contributed by atoms with Gasteiger partial charge in [-0.15, -0.1) is 0 Å². The maximum Gasteiger partial charge on any atom is 0.243 e. The Labute approximate surface area is 214 Å². The van der Waals surface area contributed by atoms with Crippen molar-refractivity contribution >= 4 is 48.7 Å². The van der Waals surface area contributed by atoms with Crippen LogP contribution in [0.5, 0.6) is 0 Å². The van der Waals surface area contributed by atoms with Gasteiger partial charge in [-0.3, -0.25) is 0 Å². The number of aromatic nitrogens is 2. The fraction of sp³-hybridized carbons (Fsp3) is 0.480. The van der Waals surface area contributed by atoms with E-state index in [1.54, 1.807) is 28.2 Å². The third-order valence-corrected chi connectivity index (χ3v) is 10.0. The van der Waals surface area contributed by atoms with Crippen molar-refractivity contribution in [2.24, 2.45) is 5.92 Å². The lowest BCUT2D eigenvalue weighted by molar-refractivity contribution is 0.0960. The quantitative estimate of drug-likeness (QED) is 0.345. The van der Waals surface area contributed by atoms with Crippen molar-refractivity contribution in [1.29, 1.82) is 0 Å². The number of nitrogens with zero attached hydrogens (tertiary/aromatic N) is 3. The van der Waals surface area contributed by atoms with Crippen LogP contribution in [-0.4, -0.2) is 48.1 Å². The Kier molecular flexibility index (Phi) is 7.37. The molecule has 0 bridgehead atoms. The summed E-state index contributed by atoms with van der Waals surface area (Å²) in [5.41, 5.74) is 2.89. The summed E-state index contributed by atoms with van der Waals surface area (Å²) >= 11 is 5.22.